The molecular weight excluding hydrogens is 291 g/mol. The summed E-state index contributed by atoms with van der Waals surface area (Å²) in [7, 11) is 0. The lowest BCUT2D eigenvalue weighted by atomic mass is 10.1. The van der Waals surface area contributed by atoms with Gasteiger partial charge in [-0.1, -0.05) is 12.1 Å². The number of hydrogen-bond acceptors (Lipinski definition) is 3. The largest absolute Gasteiger partial charge is 0.598 e. The van der Waals surface area contributed by atoms with Crippen molar-refractivity contribution >= 4 is 11.4 Å². The second kappa shape index (κ2) is 6.69. The zero-order valence-electron chi connectivity index (χ0n) is 11.7. The molecule has 1 rings (SSSR count). The van der Waals surface area contributed by atoms with Crippen LogP contribution in [0.25, 0.3) is 0 Å². The third-order valence-electron chi connectivity index (χ3n) is 2.52. The summed E-state index contributed by atoms with van der Waals surface area (Å²) in [5.41, 5.74) is 0.126. The van der Waals surface area contributed by atoms with Crippen LogP contribution in [0.1, 0.15) is 39.3 Å². The van der Waals surface area contributed by atoms with E-state index >= 15 is 0 Å². The first kappa shape index (κ1) is 17.1. The number of halogens is 3. The van der Waals surface area contributed by atoms with Crippen molar-refractivity contribution in [2.75, 3.05) is 0 Å². The Labute approximate surface area is 119 Å². The smallest absolute Gasteiger partial charge is 0.387 e. The fraction of sp³-hybridized carbons (Fsp3) is 0.538. The summed E-state index contributed by atoms with van der Waals surface area (Å²) in [5, 5.41) is 0. The number of nitrogens with one attached hydrogen (secondary N) is 1. The molecule has 0 aliphatic rings. The van der Waals surface area contributed by atoms with Crippen LogP contribution in [0.5, 0.6) is 5.75 Å². The van der Waals surface area contributed by atoms with Gasteiger partial charge in [0.05, 0.1) is 6.04 Å². The van der Waals surface area contributed by atoms with E-state index in [1.54, 1.807) is 27.7 Å². The van der Waals surface area contributed by atoms with Crippen LogP contribution in [0, 0.1) is 5.82 Å². The Morgan fingerprint density at radius 2 is 1.90 bits per heavy atom. The first-order valence-corrected chi connectivity index (χ1v) is 7.19. The van der Waals surface area contributed by atoms with Crippen LogP contribution in [0.15, 0.2) is 18.2 Å². The van der Waals surface area contributed by atoms with Crippen LogP contribution < -0.4 is 9.46 Å². The molecule has 0 saturated heterocycles. The highest BCUT2D eigenvalue weighted by atomic mass is 32.2. The second-order valence-electron chi connectivity index (χ2n) is 5.26. The number of rotatable bonds is 5. The van der Waals surface area contributed by atoms with Gasteiger partial charge in [-0.05, 0) is 33.8 Å². The highest BCUT2D eigenvalue weighted by Gasteiger charge is 2.29. The molecule has 0 fully saturated rings. The van der Waals surface area contributed by atoms with E-state index in [2.05, 4.69) is 9.46 Å². The van der Waals surface area contributed by atoms with Crippen molar-refractivity contribution in [2.24, 2.45) is 0 Å². The van der Waals surface area contributed by atoms with E-state index in [-0.39, 0.29) is 5.56 Å². The number of hydrogen-bond donors (Lipinski definition) is 1. The van der Waals surface area contributed by atoms with Gasteiger partial charge in [0.1, 0.15) is 4.75 Å². The lowest BCUT2D eigenvalue weighted by molar-refractivity contribution is -0.0523. The lowest BCUT2D eigenvalue weighted by Gasteiger charge is -2.26. The predicted molar refractivity (Wildman–Crippen MR) is 72.5 cm³/mol. The van der Waals surface area contributed by atoms with Crippen LogP contribution in [0.4, 0.5) is 13.2 Å². The first-order valence-electron chi connectivity index (χ1n) is 6.04. The molecule has 1 aromatic carbocycles. The summed E-state index contributed by atoms with van der Waals surface area (Å²) >= 11 is -1.40. The van der Waals surface area contributed by atoms with Crippen LogP contribution in [-0.4, -0.2) is 15.9 Å². The topological polar surface area (TPSA) is 44.3 Å². The third kappa shape index (κ3) is 4.57. The quantitative estimate of drug-likeness (QED) is 0.846. The Bertz CT molecular complexity index is 452. The van der Waals surface area contributed by atoms with Gasteiger partial charge >= 0.3 is 6.61 Å². The molecule has 0 heterocycles. The summed E-state index contributed by atoms with van der Waals surface area (Å²) in [5.74, 6) is -1.40. The minimum atomic E-state index is -3.09. The molecule has 2 atom stereocenters. The fourth-order valence-electron chi connectivity index (χ4n) is 1.45. The summed E-state index contributed by atoms with van der Waals surface area (Å²) in [6, 6.07) is 3.37. The van der Waals surface area contributed by atoms with E-state index in [1.807, 2.05) is 0 Å². The molecule has 1 N–H and O–H groups in total. The molecule has 0 aliphatic heterocycles. The molecular formula is C13H18F3NO2S. The standard InChI is InChI=1S/C13H18F3NO2S/c1-8(17-20(18)13(2,3)4)9-6-5-7-10(11(9)14)19-12(15)16/h5-8,12,17H,1-4H3/t8-,20+/m1/s1. The van der Waals surface area contributed by atoms with Crippen molar-refractivity contribution in [1.29, 1.82) is 0 Å². The maximum absolute atomic E-state index is 14.0. The molecule has 0 bridgehead atoms. The van der Waals surface area contributed by atoms with Crippen molar-refractivity contribution in [3.05, 3.63) is 29.6 Å². The van der Waals surface area contributed by atoms with E-state index in [4.69, 9.17) is 0 Å². The summed E-state index contributed by atoms with van der Waals surface area (Å²) < 4.78 is 56.6. The molecule has 0 saturated carbocycles. The number of ether oxygens (including phenoxy) is 1. The molecule has 0 aromatic heterocycles. The summed E-state index contributed by atoms with van der Waals surface area (Å²) in [6.45, 7) is 3.83. The highest BCUT2D eigenvalue weighted by molar-refractivity contribution is 7.90. The van der Waals surface area contributed by atoms with E-state index < -0.39 is 40.3 Å². The third-order valence-corrected chi connectivity index (χ3v) is 4.20. The van der Waals surface area contributed by atoms with Gasteiger partial charge in [0.15, 0.2) is 11.6 Å². The Morgan fingerprint density at radius 1 is 1.30 bits per heavy atom. The molecule has 0 spiro atoms. The van der Waals surface area contributed by atoms with Crippen molar-refractivity contribution in [1.82, 2.24) is 4.72 Å². The van der Waals surface area contributed by atoms with E-state index in [1.165, 1.54) is 12.1 Å². The Hall–Kier alpha value is -0.920. The van der Waals surface area contributed by atoms with Gasteiger partial charge in [-0.3, -0.25) is 0 Å². The average molecular weight is 309 g/mol. The zero-order chi connectivity index (χ0) is 15.5. The summed E-state index contributed by atoms with van der Waals surface area (Å²) in [6.07, 6.45) is 0. The molecule has 0 aliphatic carbocycles. The second-order valence-corrected chi connectivity index (χ2v) is 7.26. The van der Waals surface area contributed by atoms with Gasteiger partial charge in [0.2, 0.25) is 0 Å². The van der Waals surface area contributed by atoms with Gasteiger partial charge in [-0.25, -0.2) is 4.39 Å². The number of alkyl halides is 2. The van der Waals surface area contributed by atoms with Crippen molar-refractivity contribution in [2.45, 2.75) is 45.1 Å². The normalized spacial score (nSPS) is 15.2. The van der Waals surface area contributed by atoms with Gasteiger partial charge in [-0.15, -0.1) is 4.72 Å². The molecule has 0 radical (unpaired) electrons. The number of benzene rings is 1. The van der Waals surface area contributed by atoms with Gasteiger partial charge in [0, 0.05) is 16.9 Å². The maximum Gasteiger partial charge on any atom is 0.387 e. The van der Waals surface area contributed by atoms with Crippen molar-refractivity contribution in [3.8, 4) is 5.75 Å². The monoisotopic (exact) mass is 309 g/mol. The minimum absolute atomic E-state index is 0.126. The van der Waals surface area contributed by atoms with Crippen molar-refractivity contribution < 1.29 is 22.5 Å². The van der Waals surface area contributed by atoms with Gasteiger partial charge < -0.3 is 9.29 Å². The SMILES string of the molecule is C[C@@H](N[S@@+]([O-])C(C)(C)C)c1cccc(OC(F)F)c1F. The Morgan fingerprint density at radius 3 is 2.40 bits per heavy atom. The van der Waals surface area contributed by atoms with Crippen LogP contribution >= 0.6 is 0 Å². The first-order chi connectivity index (χ1) is 9.12. The van der Waals surface area contributed by atoms with Crippen molar-refractivity contribution in [3.63, 3.8) is 0 Å². The fourth-order valence-corrected chi connectivity index (χ4v) is 2.25. The molecule has 1 aromatic rings. The lowest BCUT2D eigenvalue weighted by Crippen LogP contribution is -2.40. The molecule has 7 heteroatoms. The predicted octanol–water partition coefficient (Wildman–Crippen LogP) is 3.54. The zero-order valence-corrected chi connectivity index (χ0v) is 12.6. The van der Waals surface area contributed by atoms with Gasteiger partial charge in [0.25, 0.3) is 0 Å². The average Bonchev–Trinajstić information content (AvgIpc) is 2.29. The van der Waals surface area contributed by atoms with Gasteiger partial charge in [-0.2, -0.15) is 8.78 Å². The molecule has 20 heavy (non-hydrogen) atoms. The van der Waals surface area contributed by atoms with E-state index in [0.29, 0.717) is 0 Å². The highest BCUT2D eigenvalue weighted by Crippen LogP contribution is 2.27. The molecule has 3 nitrogen and oxygen atoms in total. The van der Waals surface area contributed by atoms with E-state index in [0.717, 1.165) is 6.07 Å². The van der Waals surface area contributed by atoms with Crippen LogP contribution in [-0.2, 0) is 11.4 Å². The summed E-state index contributed by atoms with van der Waals surface area (Å²) in [4.78, 5) is 0. The Kier molecular flexibility index (Phi) is 5.73. The maximum atomic E-state index is 14.0. The van der Waals surface area contributed by atoms with Crippen LogP contribution in [0.3, 0.4) is 0 Å². The molecule has 114 valence electrons. The Balaban J connectivity index is 2.91. The molecule has 0 amide bonds. The molecule has 0 unspecified atom stereocenters. The minimum Gasteiger partial charge on any atom is -0.598 e. The van der Waals surface area contributed by atoms with Crippen LogP contribution in [0.2, 0.25) is 0 Å². The van der Waals surface area contributed by atoms with E-state index in [9.17, 15) is 17.7 Å².